The van der Waals surface area contributed by atoms with Crippen molar-refractivity contribution >= 4 is 16.7 Å². The van der Waals surface area contributed by atoms with Crippen molar-refractivity contribution in [3.8, 4) is 0 Å². The molecule has 2 unspecified atom stereocenters. The van der Waals surface area contributed by atoms with Gasteiger partial charge in [0.2, 0.25) is 5.13 Å². The summed E-state index contributed by atoms with van der Waals surface area (Å²) in [5, 5.41) is 11.1. The van der Waals surface area contributed by atoms with E-state index in [4.69, 9.17) is 0 Å². The Labute approximate surface area is 119 Å². The van der Waals surface area contributed by atoms with Crippen molar-refractivity contribution in [2.24, 2.45) is 0 Å². The van der Waals surface area contributed by atoms with Crippen molar-refractivity contribution in [2.75, 3.05) is 25.5 Å². The van der Waals surface area contributed by atoms with E-state index in [-0.39, 0.29) is 12.1 Å². The number of aliphatic hydroxyl groups excluding tert-OH is 1. The predicted octanol–water partition coefficient (Wildman–Crippen LogP) is 1.73. The fraction of sp³-hybridized carbons (Fsp3) is 0.846. The van der Waals surface area contributed by atoms with Crippen molar-refractivity contribution in [1.29, 1.82) is 0 Å². The second-order valence-corrected chi connectivity index (χ2v) is 6.13. The number of anilines is 1. The molecule has 1 aromatic heterocycles. The molecule has 1 aliphatic heterocycles. The first-order valence-corrected chi connectivity index (χ1v) is 7.81. The van der Waals surface area contributed by atoms with Gasteiger partial charge in [-0.15, -0.1) is 0 Å². The molecule has 2 heterocycles. The lowest BCUT2D eigenvalue weighted by Crippen LogP contribution is -2.46. The van der Waals surface area contributed by atoms with Gasteiger partial charge < -0.3 is 10.0 Å². The van der Waals surface area contributed by atoms with E-state index in [1.54, 1.807) is 0 Å². The molecule has 1 aromatic rings. The molecule has 19 heavy (non-hydrogen) atoms. The Balaban J connectivity index is 2.02. The number of hydrogen-bond acceptors (Lipinski definition) is 6. The molecule has 0 bridgehead atoms. The second-order valence-electron chi connectivity index (χ2n) is 5.40. The fourth-order valence-electron chi connectivity index (χ4n) is 2.59. The molecule has 0 spiro atoms. The molecule has 0 saturated carbocycles. The molecular formula is C13H24N4OS. The number of likely N-dealkylation sites (tertiary alicyclic amines) is 1. The maximum atomic E-state index is 10.1. The molecule has 0 radical (unpaired) electrons. The molecule has 108 valence electrons. The first kappa shape index (κ1) is 14.7. The van der Waals surface area contributed by atoms with Crippen molar-refractivity contribution in [3.05, 3.63) is 5.82 Å². The number of rotatable bonds is 5. The fourth-order valence-corrected chi connectivity index (χ4v) is 3.19. The lowest BCUT2D eigenvalue weighted by Gasteiger charge is -2.37. The third-order valence-electron chi connectivity index (χ3n) is 3.71. The second kappa shape index (κ2) is 6.63. The molecule has 1 N–H and O–H groups in total. The molecule has 1 saturated heterocycles. The summed E-state index contributed by atoms with van der Waals surface area (Å²) in [6.07, 6.45) is 4.09. The number of hydrogen-bond donors (Lipinski definition) is 1. The topological polar surface area (TPSA) is 52.5 Å². The largest absolute Gasteiger partial charge is 0.392 e. The van der Waals surface area contributed by atoms with Crippen molar-refractivity contribution in [3.63, 3.8) is 0 Å². The van der Waals surface area contributed by atoms with Crippen LogP contribution in [0.5, 0.6) is 0 Å². The Bertz CT molecular complexity index is 396. The van der Waals surface area contributed by atoms with Crippen LogP contribution < -0.4 is 4.90 Å². The highest BCUT2D eigenvalue weighted by Gasteiger charge is 2.28. The summed E-state index contributed by atoms with van der Waals surface area (Å²) in [5.41, 5.74) is 0. The summed E-state index contributed by atoms with van der Waals surface area (Å²) < 4.78 is 4.42. The predicted molar refractivity (Wildman–Crippen MR) is 78.6 cm³/mol. The van der Waals surface area contributed by atoms with Gasteiger partial charge in [-0.25, -0.2) is 4.98 Å². The average molecular weight is 284 g/mol. The van der Waals surface area contributed by atoms with E-state index in [1.807, 2.05) is 25.9 Å². The monoisotopic (exact) mass is 284 g/mol. The molecule has 2 atom stereocenters. The van der Waals surface area contributed by atoms with Crippen LogP contribution in [0.1, 0.15) is 38.4 Å². The summed E-state index contributed by atoms with van der Waals surface area (Å²) >= 11 is 1.44. The van der Waals surface area contributed by atoms with Crippen molar-refractivity contribution < 1.29 is 5.11 Å². The molecule has 0 amide bonds. The summed E-state index contributed by atoms with van der Waals surface area (Å²) in [7, 11) is 3.96. The summed E-state index contributed by atoms with van der Waals surface area (Å²) in [6.45, 7) is 3.84. The van der Waals surface area contributed by atoms with E-state index in [9.17, 15) is 5.11 Å². The van der Waals surface area contributed by atoms with Gasteiger partial charge in [-0.05, 0) is 25.8 Å². The van der Waals surface area contributed by atoms with Crippen LogP contribution in [0.3, 0.4) is 0 Å². The van der Waals surface area contributed by atoms with E-state index < -0.39 is 0 Å². The zero-order valence-corrected chi connectivity index (χ0v) is 12.9. The molecule has 0 aliphatic carbocycles. The Hall–Kier alpha value is -0.720. The standard InChI is InChI=1S/C13H24N4OS/c1-4-11(18)10-7-5-6-8-17(10)9-12-14-13(16(2)3)19-15-12/h10-11,18H,4-9H2,1-3H3. The van der Waals surface area contributed by atoms with E-state index in [0.717, 1.165) is 36.9 Å². The van der Waals surface area contributed by atoms with Crippen LogP contribution in [0.4, 0.5) is 5.13 Å². The van der Waals surface area contributed by atoms with Crippen LogP contribution in [0.25, 0.3) is 0 Å². The number of aliphatic hydroxyl groups is 1. The van der Waals surface area contributed by atoms with Crippen molar-refractivity contribution in [2.45, 2.75) is 51.3 Å². The average Bonchev–Trinajstić information content (AvgIpc) is 2.87. The number of nitrogens with zero attached hydrogens (tertiary/aromatic N) is 4. The maximum Gasteiger partial charge on any atom is 0.204 e. The van der Waals surface area contributed by atoms with Gasteiger partial charge in [-0.1, -0.05) is 13.3 Å². The Morgan fingerprint density at radius 1 is 1.47 bits per heavy atom. The van der Waals surface area contributed by atoms with Gasteiger partial charge >= 0.3 is 0 Å². The Morgan fingerprint density at radius 3 is 2.89 bits per heavy atom. The highest BCUT2D eigenvalue weighted by atomic mass is 32.1. The van der Waals surface area contributed by atoms with Crippen LogP contribution >= 0.6 is 11.5 Å². The van der Waals surface area contributed by atoms with E-state index >= 15 is 0 Å². The molecule has 1 aliphatic rings. The third-order valence-corrected chi connectivity index (χ3v) is 4.63. The van der Waals surface area contributed by atoms with Crippen molar-refractivity contribution in [1.82, 2.24) is 14.3 Å². The molecule has 5 nitrogen and oxygen atoms in total. The molecule has 6 heteroatoms. The first-order chi connectivity index (χ1) is 9.11. The minimum absolute atomic E-state index is 0.229. The van der Waals surface area contributed by atoms with Gasteiger partial charge in [0.1, 0.15) is 0 Å². The summed E-state index contributed by atoms with van der Waals surface area (Å²) in [6, 6.07) is 0.269. The van der Waals surface area contributed by atoms with Gasteiger partial charge in [0.25, 0.3) is 0 Å². The highest BCUT2D eigenvalue weighted by Crippen LogP contribution is 2.24. The molecule has 2 rings (SSSR count). The number of aromatic nitrogens is 2. The Kier molecular flexibility index (Phi) is 5.13. The number of piperidine rings is 1. The lowest BCUT2D eigenvalue weighted by atomic mass is 9.96. The highest BCUT2D eigenvalue weighted by molar-refractivity contribution is 7.09. The normalized spacial score (nSPS) is 22.4. The van der Waals surface area contributed by atoms with E-state index in [0.29, 0.717) is 0 Å². The van der Waals surface area contributed by atoms with Gasteiger partial charge in [0.05, 0.1) is 12.6 Å². The summed E-state index contributed by atoms with van der Waals surface area (Å²) in [4.78, 5) is 8.86. The molecule has 1 fully saturated rings. The summed E-state index contributed by atoms with van der Waals surface area (Å²) in [5.74, 6) is 0.879. The zero-order valence-electron chi connectivity index (χ0n) is 12.0. The van der Waals surface area contributed by atoms with Crippen LogP contribution in [0, 0.1) is 0 Å². The van der Waals surface area contributed by atoms with Gasteiger partial charge in [-0.3, -0.25) is 4.90 Å². The molecule has 0 aromatic carbocycles. The van der Waals surface area contributed by atoms with E-state index in [1.165, 1.54) is 24.4 Å². The minimum atomic E-state index is -0.229. The van der Waals surface area contributed by atoms with Gasteiger partial charge in [0, 0.05) is 31.7 Å². The van der Waals surface area contributed by atoms with Crippen LogP contribution in [0.2, 0.25) is 0 Å². The van der Waals surface area contributed by atoms with Crippen LogP contribution in [0.15, 0.2) is 0 Å². The SMILES string of the molecule is CCC(O)C1CCCCN1Cc1nsc(N(C)C)n1. The van der Waals surface area contributed by atoms with E-state index in [2.05, 4.69) is 14.3 Å². The van der Waals surface area contributed by atoms with Gasteiger partial charge in [0.15, 0.2) is 5.82 Å². The minimum Gasteiger partial charge on any atom is -0.392 e. The maximum absolute atomic E-state index is 10.1. The quantitative estimate of drug-likeness (QED) is 0.892. The first-order valence-electron chi connectivity index (χ1n) is 7.03. The Morgan fingerprint density at radius 2 is 2.26 bits per heavy atom. The smallest absolute Gasteiger partial charge is 0.204 e. The third kappa shape index (κ3) is 3.64. The lowest BCUT2D eigenvalue weighted by molar-refractivity contribution is 0.0184. The van der Waals surface area contributed by atoms with Crippen LogP contribution in [-0.4, -0.2) is 52.1 Å². The molecular weight excluding hydrogens is 260 g/mol. The van der Waals surface area contributed by atoms with Gasteiger partial charge in [-0.2, -0.15) is 4.37 Å². The zero-order chi connectivity index (χ0) is 13.8. The van der Waals surface area contributed by atoms with Crippen LogP contribution in [-0.2, 0) is 6.54 Å².